The molecule has 1 fully saturated rings. The number of benzene rings is 1. The lowest BCUT2D eigenvalue weighted by Crippen LogP contribution is -2.50. The van der Waals surface area contributed by atoms with Gasteiger partial charge in [-0.05, 0) is 31.5 Å². The highest BCUT2D eigenvalue weighted by Crippen LogP contribution is 2.23. The predicted molar refractivity (Wildman–Crippen MR) is 73.4 cm³/mol. The number of carbonyl (C=O) groups excluding carboxylic acids is 1. The molecule has 2 atom stereocenters. The van der Waals surface area contributed by atoms with Crippen molar-refractivity contribution >= 4 is 17.5 Å². The van der Waals surface area contributed by atoms with E-state index < -0.39 is 0 Å². The summed E-state index contributed by atoms with van der Waals surface area (Å²) in [5.74, 6) is 0.143. The maximum Gasteiger partial charge on any atom is 0.227 e. The molecule has 2 unspecified atom stereocenters. The first kappa shape index (κ1) is 14.2. The zero-order valence-corrected chi connectivity index (χ0v) is 11.9. The van der Waals surface area contributed by atoms with E-state index in [4.69, 9.17) is 16.3 Å². The van der Waals surface area contributed by atoms with E-state index >= 15 is 0 Å². The lowest BCUT2D eigenvalue weighted by molar-refractivity contribution is -0.142. The van der Waals surface area contributed by atoms with Gasteiger partial charge in [-0.3, -0.25) is 4.79 Å². The summed E-state index contributed by atoms with van der Waals surface area (Å²) < 4.78 is 5.51. The summed E-state index contributed by atoms with van der Waals surface area (Å²) in [5, 5.41) is 9.72. The Morgan fingerprint density at radius 1 is 1.53 bits per heavy atom. The smallest absolute Gasteiger partial charge is 0.227 e. The van der Waals surface area contributed by atoms with Crippen LogP contribution in [0, 0.1) is 0 Å². The molecule has 0 spiro atoms. The van der Waals surface area contributed by atoms with E-state index in [9.17, 15) is 9.90 Å². The Balaban J connectivity index is 2.07. The third kappa shape index (κ3) is 3.39. The van der Waals surface area contributed by atoms with Gasteiger partial charge < -0.3 is 14.7 Å². The number of hydrogen-bond acceptors (Lipinski definition) is 3. The number of hydrogen-bond donors (Lipinski definition) is 1. The molecule has 2 rings (SSSR count). The van der Waals surface area contributed by atoms with E-state index in [2.05, 4.69) is 0 Å². The number of aromatic hydroxyl groups is 1. The Hall–Kier alpha value is -1.26. The summed E-state index contributed by atoms with van der Waals surface area (Å²) in [6.45, 7) is 5.10. The zero-order valence-electron chi connectivity index (χ0n) is 11.1. The maximum atomic E-state index is 12.3. The first-order valence-corrected chi connectivity index (χ1v) is 6.73. The minimum absolute atomic E-state index is 0.0373. The Bertz CT molecular complexity index is 478. The molecule has 1 aromatic carbocycles. The van der Waals surface area contributed by atoms with Crippen LogP contribution in [0.15, 0.2) is 18.2 Å². The quantitative estimate of drug-likeness (QED) is 0.905. The Morgan fingerprint density at radius 3 is 2.95 bits per heavy atom. The largest absolute Gasteiger partial charge is 0.508 e. The summed E-state index contributed by atoms with van der Waals surface area (Å²) in [7, 11) is 0. The molecule has 4 nitrogen and oxygen atoms in total. The van der Waals surface area contributed by atoms with Gasteiger partial charge in [-0.15, -0.1) is 0 Å². The number of ether oxygens (including phenoxy) is 1. The molecule has 1 aliphatic rings. The third-order valence-corrected chi connectivity index (χ3v) is 3.66. The number of phenols is 1. The second-order valence-electron chi connectivity index (χ2n) is 4.99. The van der Waals surface area contributed by atoms with Crippen LogP contribution < -0.4 is 0 Å². The first-order valence-electron chi connectivity index (χ1n) is 6.36. The fourth-order valence-electron chi connectivity index (χ4n) is 2.19. The molecule has 1 aliphatic heterocycles. The van der Waals surface area contributed by atoms with Crippen molar-refractivity contribution in [3.8, 4) is 5.75 Å². The number of halogens is 1. The molecule has 1 aromatic rings. The van der Waals surface area contributed by atoms with Crippen molar-refractivity contribution in [1.29, 1.82) is 0 Å². The molecule has 1 saturated heterocycles. The van der Waals surface area contributed by atoms with Crippen molar-refractivity contribution in [3.05, 3.63) is 28.8 Å². The Morgan fingerprint density at radius 2 is 2.26 bits per heavy atom. The SMILES string of the molecule is CC1CN(C(=O)Cc2ccc(O)cc2Cl)C(C)CO1. The summed E-state index contributed by atoms with van der Waals surface area (Å²) in [4.78, 5) is 14.1. The van der Waals surface area contributed by atoms with Gasteiger partial charge in [-0.1, -0.05) is 17.7 Å². The highest BCUT2D eigenvalue weighted by molar-refractivity contribution is 6.31. The molecule has 1 heterocycles. The maximum absolute atomic E-state index is 12.3. The number of amides is 1. The molecule has 0 bridgehead atoms. The van der Waals surface area contributed by atoms with E-state index in [0.29, 0.717) is 18.2 Å². The van der Waals surface area contributed by atoms with E-state index in [0.717, 1.165) is 5.56 Å². The molecule has 0 saturated carbocycles. The van der Waals surface area contributed by atoms with Crippen LogP contribution in [0.3, 0.4) is 0 Å². The van der Waals surface area contributed by atoms with Crippen molar-refractivity contribution in [1.82, 2.24) is 4.90 Å². The molecule has 0 aromatic heterocycles. The average Bonchev–Trinajstić information content (AvgIpc) is 2.35. The summed E-state index contributed by atoms with van der Waals surface area (Å²) >= 11 is 6.02. The predicted octanol–water partition coefficient (Wildman–Crippen LogP) is 2.22. The number of carbonyl (C=O) groups is 1. The summed E-state index contributed by atoms with van der Waals surface area (Å²) in [5.41, 5.74) is 0.732. The van der Waals surface area contributed by atoms with E-state index in [1.165, 1.54) is 6.07 Å². The lowest BCUT2D eigenvalue weighted by Gasteiger charge is -2.37. The van der Waals surface area contributed by atoms with Crippen molar-refractivity contribution in [2.45, 2.75) is 32.4 Å². The zero-order chi connectivity index (χ0) is 14.0. The molecule has 0 aliphatic carbocycles. The van der Waals surface area contributed by atoms with Crippen LogP contribution in [0.2, 0.25) is 5.02 Å². The van der Waals surface area contributed by atoms with Crippen LogP contribution in [0.25, 0.3) is 0 Å². The summed E-state index contributed by atoms with van der Waals surface area (Å²) in [6.07, 6.45) is 0.311. The number of phenolic OH excluding ortho intramolecular Hbond substituents is 1. The van der Waals surface area contributed by atoms with Crippen LogP contribution in [0.4, 0.5) is 0 Å². The van der Waals surface area contributed by atoms with E-state index in [1.807, 2.05) is 18.7 Å². The molecule has 0 radical (unpaired) electrons. The number of nitrogens with zero attached hydrogens (tertiary/aromatic N) is 1. The second-order valence-corrected chi connectivity index (χ2v) is 5.40. The van der Waals surface area contributed by atoms with Gasteiger partial charge in [0.2, 0.25) is 5.91 Å². The highest BCUT2D eigenvalue weighted by atomic mass is 35.5. The van der Waals surface area contributed by atoms with E-state index in [1.54, 1.807) is 12.1 Å². The molecule has 19 heavy (non-hydrogen) atoms. The van der Waals surface area contributed by atoms with Crippen LogP contribution in [-0.4, -0.2) is 41.2 Å². The lowest BCUT2D eigenvalue weighted by atomic mass is 10.1. The molecule has 104 valence electrons. The standard InChI is InChI=1S/C14H18ClNO3/c1-9-8-19-10(2)7-16(9)14(18)5-11-3-4-12(17)6-13(11)15/h3-4,6,9-10,17H,5,7-8H2,1-2H3. The topological polar surface area (TPSA) is 49.8 Å². The fourth-order valence-corrected chi connectivity index (χ4v) is 2.44. The minimum Gasteiger partial charge on any atom is -0.508 e. The summed E-state index contributed by atoms with van der Waals surface area (Å²) in [6, 6.07) is 4.76. The number of morpholine rings is 1. The van der Waals surface area contributed by atoms with Gasteiger partial charge in [0.1, 0.15) is 5.75 Å². The first-order chi connectivity index (χ1) is 8.97. The molecular formula is C14H18ClNO3. The van der Waals surface area contributed by atoms with Crippen LogP contribution >= 0.6 is 11.6 Å². The fraction of sp³-hybridized carbons (Fsp3) is 0.500. The normalized spacial score (nSPS) is 23.4. The van der Waals surface area contributed by atoms with Gasteiger partial charge >= 0.3 is 0 Å². The highest BCUT2D eigenvalue weighted by Gasteiger charge is 2.27. The van der Waals surface area contributed by atoms with Crippen LogP contribution in [0.1, 0.15) is 19.4 Å². The molecule has 5 heteroatoms. The molecule has 1 N–H and O–H groups in total. The monoisotopic (exact) mass is 283 g/mol. The Kier molecular flexibility index (Phi) is 4.32. The minimum atomic E-state index is 0.0373. The van der Waals surface area contributed by atoms with Crippen LogP contribution in [0.5, 0.6) is 5.75 Å². The number of rotatable bonds is 2. The van der Waals surface area contributed by atoms with Crippen molar-refractivity contribution in [3.63, 3.8) is 0 Å². The van der Waals surface area contributed by atoms with E-state index in [-0.39, 0.29) is 30.2 Å². The molecule has 1 amide bonds. The average molecular weight is 284 g/mol. The van der Waals surface area contributed by atoms with Gasteiger partial charge in [-0.2, -0.15) is 0 Å². The Labute approximate surface area is 117 Å². The van der Waals surface area contributed by atoms with Crippen molar-refractivity contribution in [2.24, 2.45) is 0 Å². The van der Waals surface area contributed by atoms with Gasteiger partial charge in [0.15, 0.2) is 0 Å². The van der Waals surface area contributed by atoms with Gasteiger partial charge in [0, 0.05) is 11.6 Å². The second kappa shape index (κ2) is 5.80. The van der Waals surface area contributed by atoms with Crippen molar-refractivity contribution < 1.29 is 14.6 Å². The van der Waals surface area contributed by atoms with Gasteiger partial charge in [0.25, 0.3) is 0 Å². The molecular weight excluding hydrogens is 266 g/mol. The van der Waals surface area contributed by atoms with Crippen LogP contribution in [-0.2, 0) is 16.0 Å². The van der Waals surface area contributed by atoms with Crippen molar-refractivity contribution in [2.75, 3.05) is 13.2 Å². The van der Waals surface area contributed by atoms with Gasteiger partial charge in [-0.25, -0.2) is 0 Å². The third-order valence-electron chi connectivity index (χ3n) is 3.31. The van der Waals surface area contributed by atoms with Gasteiger partial charge in [0.05, 0.1) is 25.2 Å².